The average molecular weight is 436 g/mol. The Balaban J connectivity index is 1.10. The van der Waals surface area contributed by atoms with Gasteiger partial charge in [0.2, 0.25) is 0 Å². The molecule has 1 N–H and O–H groups in total. The number of carbonyl (C=O) groups is 1. The summed E-state index contributed by atoms with van der Waals surface area (Å²) in [5, 5.41) is 0.973. The van der Waals surface area contributed by atoms with E-state index in [0.717, 1.165) is 67.0 Å². The van der Waals surface area contributed by atoms with Gasteiger partial charge in [0.25, 0.3) is 0 Å². The molecule has 0 spiro atoms. The van der Waals surface area contributed by atoms with Gasteiger partial charge in [-0.2, -0.15) is 0 Å². The first kappa shape index (κ1) is 20.6. The maximum Gasteiger partial charge on any atom is 0.304 e. The van der Waals surface area contributed by atoms with Gasteiger partial charge in [0, 0.05) is 47.2 Å². The zero-order valence-corrected chi connectivity index (χ0v) is 18.6. The van der Waals surface area contributed by atoms with E-state index in [2.05, 4.69) is 14.9 Å². The van der Waals surface area contributed by atoms with Crippen LogP contribution in [-0.4, -0.2) is 33.7 Å². The number of thiazole rings is 1. The minimum atomic E-state index is 0.0829. The van der Waals surface area contributed by atoms with Crippen molar-refractivity contribution in [3.63, 3.8) is 0 Å². The summed E-state index contributed by atoms with van der Waals surface area (Å²) in [6, 6.07) is 9.76. The molecule has 5 nitrogen and oxygen atoms in total. The van der Waals surface area contributed by atoms with Crippen LogP contribution in [0.25, 0.3) is 10.9 Å². The summed E-state index contributed by atoms with van der Waals surface area (Å²) in [7, 11) is 0. The van der Waals surface area contributed by atoms with Crippen molar-refractivity contribution in [1.82, 2.24) is 14.9 Å². The number of H-pyrrole nitrogens is 1. The third-order valence-corrected chi connectivity index (χ3v) is 8.07. The van der Waals surface area contributed by atoms with Crippen LogP contribution in [0, 0.1) is 11.8 Å². The number of carbonyl (C=O) groups excluding carboxylic acids is 1. The zero-order valence-electron chi connectivity index (χ0n) is 17.8. The monoisotopic (exact) mass is 435 g/mol. The topological polar surface area (TPSA) is 66.1 Å². The second-order valence-corrected chi connectivity index (χ2v) is 10.2. The Kier molecular flexibility index (Phi) is 6.01. The number of hydrogen-bond donors (Lipinski definition) is 1. The van der Waals surface area contributed by atoms with E-state index in [-0.39, 0.29) is 10.7 Å². The van der Waals surface area contributed by atoms with Crippen molar-refractivity contribution in [3.8, 4) is 0 Å². The van der Waals surface area contributed by atoms with E-state index in [9.17, 15) is 9.59 Å². The number of nitrogens with zero attached hydrogens (tertiary/aromatic N) is 2. The van der Waals surface area contributed by atoms with E-state index in [4.69, 9.17) is 0 Å². The number of pyridine rings is 1. The molecule has 162 valence electrons. The lowest BCUT2D eigenvalue weighted by atomic mass is 9.78. The van der Waals surface area contributed by atoms with Crippen LogP contribution < -0.4 is 4.87 Å². The van der Waals surface area contributed by atoms with Crippen molar-refractivity contribution in [1.29, 1.82) is 0 Å². The van der Waals surface area contributed by atoms with Crippen LogP contribution in [0.15, 0.2) is 41.3 Å². The fourth-order valence-electron chi connectivity index (χ4n) is 5.28. The first-order chi connectivity index (χ1) is 15.2. The van der Waals surface area contributed by atoms with Crippen LogP contribution in [0.1, 0.15) is 59.5 Å². The number of aromatic nitrogens is 2. The van der Waals surface area contributed by atoms with Gasteiger partial charge >= 0.3 is 4.87 Å². The number of Topliss-reactive ketones (excluding diaryl/α,β-unsaturated/α-hetero) is 1. The molecule has 2 aliphatic rings. The van der Waals surface area contributed by atoms with Gasteiger partial charge in [-0.25, -0.2) is 0 Å². The van der Waals surface area contributed by atoms with Gasteiger partial charge in [-0.3, -0.25) is 19.5 Å². The molecule has 1 aromatic carbocycles. The number of benzene rings is 1. The second kappa shape index (κ2) is 9.05. The molecule has 3 heterocycles. The van der Waals surface area contributed by atoms with Crippen molar-refractivity contribution >= 4 is 28.0 Å². The van der Waals surface area contributed by atoms with E-state index in [1.165, 1.54) is 35.5 Å². The number of ketones is 1. The van der Waals surface area contributed by atoms with Gasteiger partial charge in [-0.15, -0.1) is 0 Å². The molecule has 6 heteroatoms. The first-order valence-corrected chi connectivity index (χ1v) is 12.3. The van der Waals surface area contributed by atoms with Gasteiger partial charge in [0.15, 0.2) is 5.78 Å². The van der Waals surface area contributed by atoms with E-state index >= 15 is 0 Å². The summed E-state index contributed by atoms with van der Waals surface area (Å²) in [4.78, 5) is 35.7. The molecular weight excluding hydrogens is 406 g/mol. The van der Waals surface area contributed by atoms with Gasteiger partial charge in [-0.05, 0) is 56.2 Å². The third kappa shape index (κ3) is 4.65. The largest absolute Gasteiger partial charge is 0.315 e. The molecule has 1 aliphatic carbocycles. The lowest BCUT2D eigenvalue weighted by Gasteiger charge is -2.31. The SMILES string of the molecule is O=C(CC1CCC(CCN2CCc3sc(=O)[nH]c3C2)CC1)c1cccc2ncccc12. The molecule has 2 aromatic heterocycles. The van der Waals surface area contributed by atoms with E-state index in [0.29, 0.717) is 12.3 Å². The Morgan fingerprint density at radius 2 is 1.97 bits per heavy atom. The molecular formula is C25H29N3O2S. The smallest absolute Gasteiger partial charge is 0.304 e. The highest BCUT2D eigenvalue weighted by Crippen LogP contribution is 2.34. The van der Waals surface area contributed by atoms with Crippen molar-refractivity contribution in [2.75, 3.05) is 13.1 Å². The summed E-state index contributed by atoms with van der Waals surface area (Å²) in [6.45, 7) is 3.05. The average Bonchev–Trinajstić information content (AvgIpc) is 3.17. The molecule has 1 aliphatic heterocycles. The minimum Gasteiger partial charge on any atom is -0.315 e. The lowest BCUT2D eigenvalue weighted by molar-refractivity contribution is 0.0941. The summed E-state index contributed by atoms with van der Waals surface area (Å²) < 4.78 is 0. The quantitative estimate of drug-likeness (QED) is 0.564. The molecule has 3 aromatic rings. The van der Waals surface area contributed by atoms with Crippen LogP contribution in [0.4, 0.5) is 0 Å². The summed E-state index contributed by atoms with van der Waals surface area (Å²) >= 11 is 1.37. The standard InChI is InChI=1S/C25H29N3O2S/c29-23(20-3-1-5-21-19(20)4-2-12-26-21)15-18-8-6-17(7-9-18)10-13-28-14-11-24-22(16-28)27-25(30)31-24/h1-5,12,17-18H,6-11,13-16H2,(H,27,30). The fraction of sp³-hybridized carbons (Fsp3) is 0.480. The molecule has 0 atom stereocenters. The van der Waals surface area contributed by atoms with Crippen molar-refractivity contribution in [3.05, 3.63) is 62.3 Å². The molecule has 0 saturated heterocycles. The van der Waals surface area contributed by atoms with Crippen LogP contribution in [0.3, 0.4) is 0 Å². The van der Waals surface area contributed by atoms with Crippen LogP contribution >= 0.6 is 11.3 Å². The fourth-order valence-corrected chi connectivity index (χ4v) is 6.11. The van der Waals surface area contributed by atoms with Crippen molar-refractivity contribution in [2.24, 2.45) is 11.8 Å². The number of nitrogens with one attached hydrogen (secondary N) is 1. The third-order valence-electron chi connectivity index (χ3n) is 7.08. The van der Waals surface area contributed by atoms with E-state index in [1.807, 2.05) is 30.3 Å². The molecule has 1 saturated carbocycles. The Bertz CT molecular complexity index is 1120. The maximum atomic E-state index is 13.0. The molecule has 0 radical (unpaired) electrons. The van der Waals surface area contributed by atoms with Crippen LogP contribution in [0.2, 0.25) is 0 Å². The van der Waals surface area contributed by atoms with Crippen molar-refractivity contribution < 1.29 is 4.79 Å². The maximum absolute atomic E-state index is 13.0. The predicted molar refractivity (Wildman–Crippen MR) is 125 cm³/mol. The van der Waals surface area contributed by atoms with Gasteiger partial charge in [-0.1, -0.05) is 42.4 Å². The highest BCUT2D eigenvalue weighted by atomic mass is 32.1. The van der Waals surface area contributed by atoms with E-state index in [1.54, 1.807) is 6.20 Å². The normalized spacial score (nSPS) is 21.8. The Hall–Kier alpha value is -2.31. The minimum absolute atomic E-state index is 0.0829. The van der Waals surface area contributed by atoms with Gasteiger partial charge in [0.1, 0.15) is 0 Å². The van der Waals surface area contributed by atoms with E-state index < -0.39 is 0 Å². The molecule has 31 heavy (non-hydrogen) atoms. The summed E-state index contributed by atoms with van der Waals surface area (Å²) in [5.41, 5.74) is 2.85. The Morgan fingerprint density at radius 3 is 2.84 bits per heavy atom. The highest BCUT2D eigenvalue weighted by molar-refractivity contribution is 7.09. The number of hydrogen-bond acceptors (Lipinski definition) is 5. The summed E-state index contributed by atoms with van der Waals surface area (Å²) in [5.74, 6) is 1.52. The Morgan fingerprint density at radius 1 is 1.13 bits per heavy atom. The second-order valence-electron chi connectivity index (χ2n) is 9.12. The molecule has 0 unspecified atom stereocenters. The Labute approximate surface area is 186 Å². The lowest BCUT2D eigenvalue weighted by Crippen LogP contribution is -2.32. The highest BCUT2D eigenvalue weighted by Gasteiger charge is 2.25. The van der Waals surface area contributed by atoms with Crippen molar-refractivity contribution in [2.45, 2.75) is 51.5 Å². The van der Waals surface area contributed by atoms with Gasteiger partial charge in [0.05, 0.1) is 5.52 Å². The zero-order chi connectivity index (χ0) is 21.2. The first-order valence-electron chi connectivity index (χ1n) is 11.5. The molecule has 5 rings (SSSR count). The molecule has 0 amide bonds. The summed E-state index contributed by atoms with van der Waals surface area (Å²) in [6.07, 6.45) is 9.41. The number of aromatic amines is 1. The molecule has 0 bridgehead atoms. The molecule has 1 fully saturated rings. The van der Waals surface area contributed by atoms with Gasteiger partial charge < -0.3 is 4.98 Å². The van der Waals surface area contributed by atoms with Crippen LogP contribution in [-0.2, 0) is 13.0 Å². The predicted octanol–water partition coefficient (Wildman–Crippen LogP) is 4.81. The number of rotatable bonds is 6. The van der Waals surface area contributed by atoms with Crippen LogP contribution in [0.5, 0.6) is 0 Å². The number of fused-ring (bicyclic) bond motifs is 2.